The van der Waals surface area contributed by atoms with Crippen molar-refractivity contribution in [3.8, 4) is 0 Å². The fourth-order valence-electron chi connectivity index (χ4n) is 2.33. The number of ether oxygens (including phenoxy) is 2. The molecule has 0 aromatic rings. The Labute approximate surface area is 144 Å². The fourth-order valence-corrected chi connectivity index (χ4v) is 2.33. The van der Waals surface area contributed by atoms with Gasteiger partial charge in [0.25, 0.3) is 0 Å². The van der Waals surface area contributed by atoms with Crippen molar-refractivity contribution in [2.45, 2.75) is 40.5 Å². The quantitative estimate of drug-likeness (QED) is 0.340. The van der Waals surface area contributed by atoms with E-state index in [1.165, 1.54) is 6.92 Å². The Balaban J connectivity index is 3.86. The van der Waals surface area contributed by atoms with Crippen LogP contribution in [0.15, 0.2) is 12.7 Å². The molecule has 0 rings (SSSR count). The standard InChI is InChI=1S/C17H30N2O5/c1-6-15(21)23-9-10-24-16(22)18-8-7-17(4,5)11-13(2)12-19-14(3)20/h6,13H,1,7-12H2,2-5H3,(H,18,22)(H,19,20). The van der Waals surface area contributed by atoms with Gasteiger partial charge in [-0.25, -0.2) is 9.59 Å². The van der Waals surface area contributed by atoms with Crippen molar-refractivity contribution in [3.05, 3.63) is 12.7 Å². The summed E-state index contributed by atoms with van der Waals surface area (Å²) >= 11 is 0. The number of alkyl carbamates (subject to hydrolysis) is 1. The van der Waals surface area contributed by atoms with Gasteiger partial charge in [0.15, 0.2) is 0 Å². The van der Waals surface area contributed by atoms with Crippen molar-refractivity contribution in [1.82, 2.24) is 10.6 Å². The predicted octanol–water partition coefficient (Wildman–Crippen LogP) is 2.02. The minimum atomic E-state index is -0.547. The summed E-state index contributed by atoms with van der Waals surface area (Å²) in [6.45, 7) is 12.3. The number of esters is 1. The summed E-state index contributed by atoms with van der Waals surface area (Å²) < 4.78 is 9.58. The average Bonchev–Trinajstić information content (AvgIpc) is 2.48. The molecular weight excluding hydrogens is 312 g/mol. The Morgan fingerprint density at radius 1 is 1.17 bits per heavy atom. The highest BCUT2D eigenvalue weighted by Gasteiger charge is 2.21. The molecule has 24 heavy (non-hydrogen) atoms. The Morgan fingerprint density at radius 2 is 1.79 bits per heavy atom. The fraction of sp³-hybridized carbons (Fsp3) is 0.706. The smallest absolute Gasteiger partial charge is 0.407 e. The van der Waals surface area contributed by atoms with E-state index in [0.717, 1.165) is 18.9 Å². The van der Waals surface area contributed by atoms with Crippen molar-refractivity contribution in [2.24, 2.45) is 11.3 Å². The van der Waals surface area contributed by atoms with E-state index >= 15 is 0 Å². The number of carbonyl (C=O) groups excluding carboxylic acids is 3. The van der Waals surface area contributed by atoms with Gasteiger partial charge in [0.05, 0.1) is 0 Å². The van der Waals surface area contributed by atoms with Gasteiger partial charge in [0, 0.05) is 26.1 Å². The molecule has 2 N–H and O–H groups in total. The number of carbonyl (C=O) groups is 3. The van der Waals surface area contributed by atoms with Crippen LogP contribution in [0.2, 0.25) is 0 Å². The topological polar surface area (TPSA) is 93.7 Å². The monoisotopic (exact) mass is 342 g/mol. The van der Waals surface area contributed by atoms with E-state index in [9.17, 15) is 14.4 Å². The molecule has 0 aliphatic carbocycles. The van der Waals surface area contributed by atoms with Gasteiger partial charge in [-0.15, -0.1) is 0 Å². The van der Waals surface area contributed by atoms with Gasteiger partial charge in [-0.1, -0.05) is 27.4 Å². The summed E-state index contributed by atoms with van der Waals surface area (Å²) in [5.41, 5.74) is 0.0324. The zero-order valence-electron chi connectivity index (χ0n) is 15.1. The highest BCUT2D eigenvalue weighted by molar-refractivity contribution is 5.81. The van der Waals surface area contributed by atoms with Gasteiger partial charge in [0.2, 0.25) is 5.91 Å². The first-order valence-corrected chi connectivity index (χ1v) is 8.10. The van der Waals surface area contributed by atoms with Gasteiger partial charge in [-0.2, -0.15) is 0 Å². The largest absolute Gasteiger partial charge is 0.459 e. The first-order chi connectivity index (χ1) is 11.2. The van der Waals surface area contributed by atoms with Gasteiger partial charge in [-0.3, -0.25) is 4.79 Å². The van der Waals surface area contributed by atoms with Crippen molar-refractivity contribution < 1.29 is 23.9 Å². The van der Waals surface area contributed by atoms with Crippen LogP contribution in [-0.2, 0) is 19.1 Å². The van der Waals surface area contributed by atoms with Crippen LogP contribution in [0.3, 0.4) is 0 Å². The lowest BCUT2D eigenvalue weighted by Crippen LogP contribution is -2.32. The molecule has 0 aliphatic heterocycles. The predicted molar refractivity (Wildman–Crippen MR) is 91.4 cm³/mol. The molecule has 0 bridgehead atoms. The van der Waals surface area contributed by atoms with Gasteiger partial charge < -0.3 is 20.1 Å². The van der Waals surface area contributed by atoms with E-state index in [4.69, 9.17) is 9.47 Å². The Bertz CT molecular complexity index is 435. The van der Waals surface area contributed by atoms with E-state index < -0.39 is 12.1 Å². The molecule has 138 valence electrons. The number of hydrogen-bond donors (Lipinski definition) is 2. The molecule has 7 heteroatoms. The second-order valence-electron chi connectivity index (χ2n) is 6.59. The zero-order valence-corrected chi connectivity index (χ0v) is 15.1. The lowest BCUT2D eigenvalue weighted by molar-refractivity contribution is -0.138. The van der Waals surface area contributed by atoms with Crippen LogP contribution in [0.1, 0.15) is 40.5 Å². The third-order valence-corrected chi connectivity index (χ3v) is 3.40. The van der Waals surface area contributed by atoms with Gasteiger partial charge in [0.1, 0.15) is 13.2 Å². The molecule has 0 fully saturated rings. The number of nitrogens with one attached hydrogen (secondary N) is 2. The maximum Gasteiger partial charge on any atom is 0.407 e. The van der Waals surface area contributed by atoms with Crippen LogP contribution in [0, 0.1) is 11.3 Å². The maximum atomic E-state index is 11.5. The molecule has 0 radical (unpaired) electrons. The lowest BCUT2D eigenvalue weighted by atomic mass is 9.80. The van der Waals surface area contributed by atoms with Crippen LogP contribution < -0.4 is 10.6 Å². The summed E-state index contributed by atoms with van der Waals surface area (Å²) in [5, 5.41) is 5.49. The van der Waals surface area contributed by atoms with Crippen LogP contribution in [0.25, 0.3) is 0 Å². The first-order valence-electron chi connectivity index (χ1n) is 8.10. The van der Waals surface area contributed by atoms with Crippen molar-refractivity contribution in [1.29, 1.82) is 0 Å². The summed E-state index contributed by atoms with van der Waals surface area (Å²) in [6, 6.07) is 0. The molecule has 0 spiro atoms. The lowest BCUT2D eigenvalue weighted by Gasteiger charge is -2.28. The van der Waals surface area contributed by atoms with E-state index in [0.29, 0.717) is 19.0 Å². The molecule has 0 aromatic heterocycles. The van der Waals surface area contributed by atoms with Crippen molar-refractivity contribution in [3.63, 3.8) is 0 Å². The normalized spacial score (nSPS) is 12.0. The Hall–Kier alpha value is -2.05. The molecular formula is C17H30N2O5. The van der Waals surface area contributed by atoms with E-state index in [-0.39, 0.29) is 24.5 Å². The molecule has 0 saturated heterocycles. The Kier molecular flexibility index (Phi) is 10.5. The molecule has 7 nitrogen and oxygen atoms in total. The first kappa shape index (κ1) is 21.9. The van der Waals surface area contributed by atoms with E-state index in [1.54, 1.807) is 0 Å². The average molecular weight is 342 g/mol. The van der Waals surface area contributed by atoms with Crippen molar-refractivity contribution >= 4 is 18.0 Å². The number of amides is 2. The maximum absolute atomic E-state index is 11.5. The van der Waals surface area contributed by atoms with Crippen LogP contribution in [0.5, 0.6) is 0 Å². The van der Waals surface area contributed by atoms with Crippen molar-refractivity contribution in [2.75, 3.05) is 26.3 Å². The molecule has 2 amide bonds. The third-order valence-electron chi connectivity index (χ3n) is 3.40. The minimum Gasteiger partial charge on any atom is -0.459 e. The Morgan fingerprint density at radius 3 is 2.38 bits per heavy atom. The SMILES string of the molecule is C=CC(=O)OCCOC(=O)NCCC(C)(C)CC(C)CNC(C)=O. The van der Waals surface area contributed by atoms with Crippen LogP contribution >= 0.6 is 0 Å². The highest BCUT2D eigenvalue weighted by atomic mass is 16.6. The summed E-state index contributed by atoms with van der Waals surface area (Å²) in [6.07, 6.45) is 2.24. The third kappa shape index (κ3) is 12.5. The second-order valence-corrected chi connectivity index (χ2v) is 6.59. The molecule has 0 aliphatic rings. The zero-order chi connectivity index (χ0) is 18.6. The van der Waals surface area contributed by atoms with Gasteiger partial charge in [-0.05, 0) is 24.2 Å². The highest BCUT2D eigenvalue weighted by Crippen LogP contribution is 2.28. The summed E-state index contributed by atoms with van der Waals surface area (Å²) in [5.74, 6) is -0.215. The minimum absolute atomic E-state index is 0.00254. The molecule has 0 aromatic carbocycles. The van der Waals surface area contributed by atoms with Crippen LogP contribution in [0.4, 0.5) is 4.79 Å². The molecule has 0 heterocycles. The van der Waals surface area contributed by atoms with E-state index in [2.05, 4.69) is 38.0 Å². The molecule has 0 saturated carbocycles. The summed E-state index contributed by atoms with van der Waals surface area (Å²) in [4.78, 5) is 33.2. The molecule has 1 unspecified atom stereocenters. The number of rotatable bonds is 11. The van der Waals surface area contributed by atoms with E-state index in [1.807, 2.05) is 0 Å². The van der Waals surface area contributed by atoms with Gasteiger partial charge >= 0.3 is 12.1 Å². The number of hydrogen-bond acceptors (Lipinski definition) is 5. The van der Waals surface area contributed by atoms with Crippen LogP contribution in [-0.4, -0.2) is 44.3 Å². The summed E-state index contributed by atoms with van der Waals surface area (Å²) in [7, 11) is 0. The molecule has 1 atom stereocenters. The second kappa shape index (κ2) is 11.5.